The topological polar surface area (TPSA) is 40.7 Å². The third kappa shape index (κ3) is 21.8. The smallest absolute Gasteiger partial charge is 0.119 e. The molecule has 0 spiro atoms. The van der Waals surface area contributed by atoms with E-state index in [1.54, 1.807) is 0 Å². The van der Waals surface area contributed by atoms with Gasteiger partial charge < -0.3 is 33.8 Å². The van der Waals surface area contributed by atoms with E-state index in [4.69, 9.17) is 14.2 Å². The number of aryl methyl sites for hydroxylation is 2. The Morgan fingerprint density at radius 2 is 0.452 bits per heavy atom. The number of unbranched alkanes of at least 4 members (excludes halogenated alkanes) is 3. The highest BCUT2D eigenvalue weighted by molar-refractivity contribution is 5.96. The van der Waals surface area contributed by atoms with Crippen LogP contribution in [0.4, 0.5) is 68.2 Å². The summed E-state index contributed by atoms with van der Waals surface area (Å²) in [7, 11) is 0. The Morgan fingerprint density at radius 1 is 0.200 bits per heavy atom. The van der Waals surface area contributed by atoms with Crippen molar-refractivity contribution in [2.45, 2.75) is 64.2 Å². The average Bonchev–Trinajstić information content (AvgIpc) is 1.51. The van der Waals surface area contributed by atoms with Gasteiger partial charge in [-0.1, -0.05) is 329 Å². The van der Waals surface area contributed by atoms with Crippen LogP contribution < -0.4 is 29.1 Å². The van der Waals surface area contributed by atoms with E-state index < -0.39 is 0 Å². The number of hydrogen-bond acceptors (Lipinski definition) is 7. The van der Waals surface area contributed by atoms with E-state index in [0.717, 1.165) is 172 Å². The number of benzene rings is 18. The molecular weight excluding hydrogens is 1640 g/mol. The molecule has 0 amide bonds. The molecule has 7 nitrogen and oxygen atoms in total. The maximum absolute atomic E-state index is 6.09. The number of ether oxygens (including phenoxy) is 3. The minimum Gasteiger partial charge on any atom is -0.494 e. The molecule has 0 radical (unpaired) electrons. The SMILES string of the molecule is C=Cc1ccc(OCCCCCCc2ccc(N(c3ccc(-c4ccc(-c5ccc(-c6ccc(N(c7ccccc7)c7ccccc7)cc6)cc5)cc4)cc3)c3cccc(C4=C(c5cccc(N(c6ccc(CCCOCCOc7ccc(C=C)cc7)cc6)c6ccc(-c7ccc(-c8ccc(-c9ccc(N(c%10ccccc%10)c%10ccccc%10)cc9)cc8)cc7)cc6)c5)CCC4)c3)cc2)cc1. The Kier molecular flexibility index (Phi) is 28.3. The van der Waals surface area contributed by atoms with Crippen LogP contribution in [-0.2, 0) is 17.6 Å². The van der Waals surface area contributed by atoms with Crippen LogP contribution in [0, 0.1) is 0 Å². The molecule has 0 aliphatic heterocycles. The van der Waals surface area contributed by atoms with Crippen molar-refractivity contribution in [3.63, 3.8) is 0 Å². The predicted octanol–water partition coefficient (Wildman–Crippen LogP) is 35.2. The second-order valence-corrected chi connectivity index (χ2v) is 34.5. The fourth-order valence-electron chi connectivity index (χ4n) is 18.5. The molecule has 0 aromatic heterocycles. The van der Waals surface area contributed by atoms with E-state index in [9.17, 15) is 0 Å². The third-order valence-corrected chi connectivity index (χ3v) is 25.7. The van der Waals surface area contributed by atoms with Gasteiger partial charge in [0, 0.05) is 74.9 Å². The maximum Gasteiger partial charge on any atom is 0.119 e. The molecule has 0 bridgehead atoms. The maximum atomic E-state index is 6.09. The third-order valence-electron chi connectivity index (χ3n) is 25.7. The molecule has 0 saturated carbocycles. The molecule has 0 saturated heterocycles. The molecule has 18 aromatic carbocycles. The summed E-state index contributed by atoms with van der Waals surface area (Å²) in [6.07, 6.45) is 14.0. The van der Waals surface area contributed by atoms with Crippen molar-refractivity contribution in [3.8, 4) is 78.3 Å². The van der Waals surface area contributed by atoms with Crippen molar-refractivity contribution in [2.24, 2.45) is 0 Å². The summed E-state index contributed by atoms with van der Waals surface area (Å²) in [6, 6.07) is 167. The van der Waals surface area contributed by atoms with Crippen LogP contribution in [0.3, 0.4) is 0 Å². The molecule has 135 heavy (non-hydrogen) atoms. The largest absolute Gasteiger partial charge is 0.494 e. The van der Waals surface area contributed by atoms with Gasteiger partial charge in [-0.3, -0.25) is 0 Å². The van der Waals surface area contributed by atoms with Crippen LogP contribution in [-0.4, -0.2) is 26.4 Å². The first kappa shape index (κ1) is 88.2. The van der Waals surface area contributed by atoms with E-state index in [-0.39, 0.29) is 0 Å². The van der Waals surface area contributed by atoms with Gasteiger partial charge in [0.25, 0.3) is 0 Å². The Bertz CT molecular complexity index is 6420. The highest BCUT2D eigenvalue weighted by atomic mass is 16.5. The molecule has 0 unspecified atom stereocenters. The summed E-state index contributed by atoms with van der Waals surface area (Å²) in [6.45, 7) is 10.2. The van der Waals surface area contributed by atoms with Gasteiger partial charge >= 0.3 is 0 Å². The zero-order chi connectivity index (χ0) is 91.1. The minimum absolute atomic E-state index is 0.497. The van der Waals surface area contributed by atoms with Crippen molar-refractivity contribution < 1.29 is 14.2 Å². The standard InChI is InChI=1S/C128H110N4O3/c1-3-95-45-85-125(86-46-95)134-90-20-6-5-11-25-97-41-73-117(74-42-97)131(121-81-69-109(70-82-121)105-61-53-101(54-62-105)99-49-57-103(58-50-99)107-65-77-119(78-66-107)129(113-29-12-7-13-30-113)114-31-14-8-15-32-114)123-37-21-27-111(93-123)127-39-23-40-128(127)112-28-22-38-124(94-112)132(118-75-43-98(44-76-118)26-24-89-133-91-92-135-126-87-47-96(4-2)48-88-126)122-83-71-110(72-84-122)106-63-55-102(56-64-106)100-51-59-104(60-52-100)108-67-79-120(80-68-108)130(115-33-16-9-17-34-115)116-35-18-10-19-36-116/h3-4,7-10,12-19,21-22,27-38,41-88,93-94H,1-2,5-6,11,20,23-26,39-40,89-92H2. The second-order valence-electron chi connectivity index (χ2n) is 34.5. The molecule has 7 heteroatoms. The Balaban J connectivity index is 0.568. The normalized spacial score (nSPS) is 11.7. The van der Waals surface area contributed by atoms with E-state index >= 15 is 0 Å². The molecule has 19 rings (SSSR count). The van der Waals surface area contributed by atoms with Crippen molar-refractivity contribution in [1.29, 1.82) is 0 Å². The zero-order valence-electron chi connectivity index (χ0n) is 76.4. The summed E-state index contributed by atoms with van der Waals surface area (Å²) in [5.74, 6) is 1.74. The molecule has 0 N–H and O–H groups in total. The summed E-state index contributed by atoms with van der Waals surface area (Å²) in [5.41, 5.74) is 37.4. The first-order chi connectivity index (χ1) is 66.8. The van der Waals surface area contributed by atoms with E-state index in [0.29, 0.717) is 26.4 Å². The predicted molar refractivity (Wildman–Crippen MR) is 570 cm³/mol. The Labute approximate surface area is 796 Å². The quantitative estimate of drug-likeness (QED) is 0.0357. The van der Waals surface area contributed by atoms with Crippen molar-refractivity contribution in [2.75, 3.05) is 46.0 Å². The number of para-hydroxylation sites is 4. The van der Waals surface area contributed by atoms with E-state index in [2.05, 4.69) is 457 Å². The molecule has 0 heterocycles. The molecule has 1 aliphatic carbocycles. The fraction of sp³-hybridized carbons (Fsp3) is 0.109. The van der Waals surface area contributed by atoms with Gasteiger partial charge in [-0.05, 0) is 333 Å². The van der Waals surface area contributed by atoms with Crippen LogP contribution in [0.2, 0.25) is 0 Å². The number of anilines is 12. The Hall–Kier alpha value is -16.1. The van der Waals surface area contributed by atoms with E-state index in [1.165, 1.54) is 83.5 Å². The first-order valence-electron chi connectivity index (χ1n) is 47.4. The summed E-state index contributed by atoms with van der Waals surface area (Å²) < 4.78 is 18.1. The number of hydrogen-bond donors (Lipinski definition) is 0. The molecule has 0 fully saturated rings. The lowest BCUT2D eigenvalue weighted by Gasteiger charge is -2.27. The molecular formula is C128H110N4O3. The van der Waals surface area contributed by atoms with Gasteiger partial charge in [-0.15, -0.1) is 0 Å². The summed E-state index contributed by atoms with van der Waals surface area (Å²) >= 11 is 0. The van der Waals surface area contributed by atoms with Crippen LogP contribution in [0.15, 0.2) is 474 Å². The number of allylic oxidation sites excluding steroid dienone is 2. The van der Waals surface area contributed by atoms with Gasteiger partial charge in [0.1, 0.15) is 18.1 Å². The number of rotatable bonds is 38. The van der Waals surface area contributed by atoms with E-state index in [1.807, 2.05) is 48.6 Å². The van der Waals surface area contributed by atoms with Crippen LogP contribution >= 0.6 is 0 Å². The molecule has 18 aromatic rings. The Morgan fingerprint density at radius 3 is 0.756 bits per heavy atom. The van der Waals surface area contributed by atoms with Crippen LogP contribution in [0.25, 0.3) is 90.1 Å². The minimum atomic E-state index is 0.497. The monoisotopic (exact) mass is 1750 g/mol. The lowest BCUT2D eigenvalue weighted by molar-refractivity contribution is 0.0985. The lowest BCUT2D eigenvalue weighted by Crippen LogP contribution is -2.10. The highest BCUT2D eigenvalue weighted by Gasteiger charge is 2.24. The highest BCUT2D eigenvalue weighted by Crippen LogP contribution is 2.47. The summed E-state index contributed by atoms with van der Waals surface area (Å²) in [5, 5.41) is 0. The van der Waals surface area contributed by atoms with Crippen LogP contribution in [0.5, 0.6) is 11.5 Å². The second kappa shape index (κ2) is 43.3. The van der Waals surface area contributed by atoms with Crippen molar-refractivity contribution in [1.82, 2.24) is 0 Å². The van der Waals surface area contributed by atoms with Crippen molar-refractivity contribution >= 4 is 91.5 Å². The van der Waals surface area contributed by atoms with Crippen molar-refractivity contribution in [3.05, 3.63) is 508 Å². The lowest BCUT2D eigenvalue weighted by atomic mass is 9.95. The van der Waals surface area contributed by atoms with Crippen LogP contribution in [0.1, 0.15) is 84.7 Å². The van der Waals surface area contributed by atoms with Gasteiger partial charge in [-0.25, -0.2) is 0 Å². The van der Waals surface area contributed by atoms with Gasteiger partial charge in [0.2, 0.25) is 0 Å². The van der Waals surface area contributed by atoms with Gasteiger partial charge in [-0.2, -0.15) is 0 Å². The zero-order valence-corrected chi connectivity index (χ0v) is 76.4. The molecule has 660 valence electrons. The average molecular weight is 1750 g/mol. The molecule has 1 aliphatic rings. The summed E-state index contributed by atoms with van der Waals surface area (Å²) in [4.78, 5) is 9.46. The molecule has 0 atom stereocenters. The van der Waals surface area contributed by atoms with Gasteiger partial charge in [0.15, 0.2) is 0 Å². The first-order valence-corrected chi connectivity index (χ1v) is 47.4. The van der Waals surface area contributed by atoms with Gasteiger partial charge in [0.05, 0.1) is 13.2 Å². The fourth-order valence-corrected chi connectivity index (χ4v) is 18.5. The number of nitrogens with zero attached hydrogens (tertiary/aromatic N) is 4.